The van der Waals surface area contributed by atoms with E-state index < -0.39 is 40.6 Å². The Hall–Kier alpha value is -2.61. The summed E-state index contributed by atoms with van der Waals surface area (Å²) in [6.45, 7) is 8.94. The Morgan fingerprint density at radius 2 is 1.73 bits per heavy atom. The predicted octanol–water partition coefficient (Wildman–Crippen LogP) is 3.93. The number of likely N-dealkylation sites (tertiary alicyclic amines) is 1. The van der Waals surface area contributed by atoms with Crippen molar-refractivity contribution in [2.75, 3.05) is 13.1 Å². The number of aliphatic carboxylic acids is 2. The fourth-order valence-corrected chi connectivity index (χ4v) is 5.21. The number of carbonyl (C=O) groups excluding carboxylic acids is 1. The van der Waals surface area contributed by atoms with Gasteiger partial charge in [0.05, 0.1) is 0 Å². The first-order valence-electron chi connectivity index (χ1n) is 11.7. The molecule has 1 fully saturated rings. The van der Waals surface area contributed by atoms with Gasteiger partial charge >= 0.3 is 18.0 Å². The van der Waals surface area contributed by atoms with Gasteiger partial charge in [-0.1, -0.05) is 44.2 Å². The number of carbonyl (C=O) groups is 3. The second-order valence-corrected chi connectivity index (χ2v) is 9.81. The zero-order valence-electron chi connectivity index (χ0n) is 20.4. The number of carboxylic acid groups (broad SMARTS) is 2. The topological polar surface area (TPSA) is 116 Å². The van der Waals surface area contributed by atoms with Crippen molar-refractivity contribution >= 4 is 18.0 Å². The highest BCUT2D eigenvalue weighted by molar-refractivity contribution is 5.90. The first-order valence-corrected chi connectivity index (χ1v) is 11.7. The van der Waals surface area contributed by atoms with E-state index in [1.807, 2.05) is 18.2 Å². The number of rotatable bonds is 10. The molecule has 0 bridgehead atoms. The third-order valence-corrected chi connectivity index (χ3v) is 6.59. The Bertz CT molecular complexity index is 837. The molecule has 0 aromatic heterocycles. The number of alkyl carbamates (subject to hydrolysis) is 1. The Labute approximate surface area is 196 Å². The molecular formula is C25H38N2O6. The fraction of sp³-hybridized carbons (Fsp3) is 0.640. The normalized spacial score (nSPS) is 25.5. The maximum absolute atomic E-state index is 12.6. The SMILES string of the molecule is CCC1[C@](CC)(C(=O)O)N(CCCCc2ccccc2)C[C@@]1(NC(=O)OC(C)(C)C)C(=O)O. The van der Waals surface area contributed by atoms with Gasteiger partial charge in [-0.3, -0.25) is 9.69 Å². The maximum atomic E-state index is 12.6. The summed E-state index contributed by atoms with van der Waals surface area (Å²) in [6.07, 6.45) is 2.06. The molecule has 1 amide bonds. The first-order chi connectivity index (χ1) is 15.4. The lowest BCUT2D eigenvalue weighted by Crippen LogP contribution is -2.63. The number of amides is 1. The number of hydrogen-bond acceptors (Lipinski definition) is 5. The van der Waals surface area contributed by atoms with Crippen LogP contribution in [0.4, 0.5) is 4.79 Å². The van der Waals surface area contributed by atoms with E-state index in [2.05, 4.69) is 17.4 Å². The van der Waals surface area contributed by atoms with Crippen LogP contribution in [-0.2, 0) is 20.7 Å². The van der Waals surface area contributed by atoms with E-state index in [0.29, 0.717) is 13.0 Å². The summed E-state index contributed by atoms with van der Waals surface area (Å²) in [4.78, 5) is 39.6. The summed E-state index contributed by atoms with van der Waals surface area (Å²) in [5, 5.41) is 23.2. The number of nitrogens with zero attached hydrogens (tertiary/aromatic N) is 1. The quantitative estimate of drug-likeness (QED) is 0.451. The Kier molecular flexibility index (Phi) is 8.52. The highest BCUT2D eigenvalue weighted by atomic mass is 16.6. The summed E-state index contributed by atoms with van der Waals surface area (Å²) in [6, 6.07) is 10.0. The van der Waals surface area contributed by atoms with Crippen molar-refractivity contribution in [3.8, 4) is 0 Å². The van der Waals surface area contributed by atoms with Crippen molar-refractivity contribution in [2.24, 2.45) is 5.92 Å². The van der Waals surface area contributed by atoms with E-state index in [9.17, 15) is 24.6 Å². The van der Waals surface area contributed by atoms with Crippen molar-refractivity contribution in [1.29, 1.82) is 0 Å². The van der Waals surface area contributed by atoms with Crippen LogP contribution in [0.2, 0.25) is 0 Å². The van der Waals surface area contributed by atoms with E-state index in [1.54, 1.807) is 39.5 Å². The number of aryl methyl sites for hydroxylation is 1. The maximum Gasteiger partial charge on any atom is 0.408 e. The molecule has 8 nitrogen and oxygen atoms in total. The summed E-state index contributed by atoms with van der Waals surface area (Å²) in [7, 11) is 0. The monoisotopic (exact) mass is 462 g/mol. The van der Waals surface area contributed by atoms with Gasteiger partial charge in [0, 0.05) is 12.5 Å². The number of ether oxygens (including phenoxy) is 1. The van der Waals surface area contributed by atoms with Crippen LogP contribution in [0.3, 0.4) is 0 Å². The molecule has 8 heteroatoms. The van der Waals surface area contributed by atoms with Crippen LogP contribution in [0.25, 0.3) is 0 Å². The third kappa shape index (κ3) is 5.66. The molecule has 1 unspecified atom stereocenters. The van der Waals surface area contributed by atoms with Gasteiger partial charge in [-0.15, -0.1) is 0 Å². The molecule has 3 N–H and O–H groups in total. The zero-order valence-corrected chi connectivity index (χ0v) is 20.4. The lowest BCUT2D eigenvalue weighted by atomic mass is 9.72. The number of carboxylic acids is 2. The summed E-state index contributed by atoms with van der Waals surface area (Å²) >= 11 is 0. The number of benzene rings is 1. The highest BCUT2D eigenvalue weighted by Gasteiger charge is 2.67. The van der Waals surface area contributed by atoms with Crippen LogP contribution in [0.5, 0.6) is 0 Å². The molecule has 0 aliphatic carbocycles. The standard InChI is InChI=1S/C25H38N2O6/c1-6-19-24(20(28)29,26-22(32)33-23(3,4)5)17-27(25(19,7-2)21(30)31)16-12-11-15-18-13-9-8-10-14-18/h8-10,13-14,19H,6-7,11-12,15-17H2,1-5H3,(H,26,32)(H,28,29)(H,30,31)/t19?,24-,25+/m0/s1. The Morgan fingerprint density at radius 3 is 2.21 bits per heavy atom. The summed E-state index contributed by atoms with van der Waals surface area (Å²) in [5.41, 5.74) is -2.76. The van der Waals surface area contributed by atoms with Crippen LogP contribution in [0, 0.1) is 5.92 Å². The van der Waals surface area contributed by atoms with Gasteiger partial charge in [0.15, 0.2) is 5.54 Å². The minimum absolute atomic E-state index is 0.0917. The second-order valence-electron chi connectivity index (χ2n) is 9.81. The van der Waals surface area contributed by atoms with Crippen molar-refractivity contribution in [3.63, 3.8) is 0 Å². The van der Waals surface area contributed by atoms with Crippen molar-refractivity contribution in [1.82, 2.24) is 10.2 Å². The third-order valence-electron chi connectivity index (χ3n) is 6.59. The van der Waals surface area contributed by atoms with E-state index in [4.69, 9.17) is 4.74 Å². The molecule has 1 aromatic rings. The van der Waals surface area contributed by atoms with Crippen LogP contribution in [0.15, 0.2) is 30.3 Å². The van der Waals surface area contributed by atoms with Crippen molar-refractivity contribution in [3.05, 3.63) is 35.9 Å². The molecule has 184 valence electrons. The van der Waals surface area contributed by atoms with E-state index in [-0.39, 0.29) is 19.4 Å². The molecule has 0 spiro atoms. The Balaban J connectivity index is 2.31. The van der Waals surface area contributed by atoms with Gasteiger partial charge in [-0.2, -0.15) is 0 Å². The first kappa shape index (κ1) is 26.6. The molecule has 3 atom stereocenters. The number of unbranched alkanes of at least 4 members (excludes halogenated alkanes) is 1. The molecule has 1 aromatic carbocycles. The molecule has 0 saturated carbocycles. The lowest BCUT2D eigenvalue weighted by Gasteiger charge is -2.39. The van der Waals surface area contributed by atoms with E-state index in [0.717, 1.165) is 12.8 Å². The van der Waals surface area contributed by atoms with Crippen LogP contribution >= 0.6 is 0 Å². The van der Waals surface area contributed by atoms with Gasteiger partial charge in [0.1, 0.15) is 11.1 Å². The van der Waals surface area contributed by atoms with Gasteiger partial charge in [-0.25, -0.2) is 9.59 Å². The molecule has 1 heterocycles. The average Bonchev–Trinajstić information content (AvgIpc) is 3.01. The molecule has 1 saturated heterocycles. The zero-order chi connectivity index (χ0) is 24.9. The largest absolute Gasteiger partial charge is 0.480 e. The van der Waals surface area contributed by atoms with Gasteiger partial charge < -0.3 is 20.3 Å². The minimum atomic E-state index is -1.76. The molecular weight excluding hydrogens is 424 g/mol. The van der Waals surface area contributed by atoms with Gasteiger partial charge in [0.2, 0.25) is 0 Å². The van der Waals surface area contributed by atoms with Gasteiger partial charge in [0.25, 0.3) is 0 Å². The molecule has 0 radical (unpaired) electrons. The fourth-order valence-electron chi connectivity index (χ4n) is 5.21. The van der Waals surface area contributed by atoms with E-state index in [1.165, 1.54) is 5.56 Å². The average molecular weight is 463 g/mol. The minimum Gasteiger partial charge on any atom is -0.480 e. The number of hydrogen-bond donors (Lipinski definition) is 3. The lowest BCUT2D eigenvalue weighted by molar-refractivity contribution is -0.154. The Morgan fingerprint density at radius 1 is 1.09 bits per heavy atom. The van der Waals surface area contributed by atoms with Crippen molar-refractivity contribution < 1.29 is 29.3 Å². The molecule has 1 aliphatic heterocycles. The van der Waals surface area contributed by atoms with Crippen LogP contribution in [0.1, 0.15) is 65.9 Å². The summed E-state index contributed by atoms with van der Waals surface area (Å²) in [5.74, 6) is -3.13. The summed E-state index contributed by atoms with van der Waals surface area (Å²) < 4.78 is 5.33. The smallest absolute Gasteiger partial charge is 0.408 e. The number of nitrogens with one attached hydrogen (secondary N) is 1. The molecule has 1 aliphatic rings. The van der Waals surface area contributed by atoms with Gasteiger partial charge in [-0.05, 0) is 65.0 Å². The van der Waals surface area contributed by atoms with Crippen LogP contribution < -0.4 is 5.32 Å². The van der Waals surface area contributed by atoms with Crippen LogP contribution in [-0.4, -0.2) is 62.9 Å². The molecule has 2 rings (SSSR count). The second kappa shape index (κ2) is 10.5. The van der Waals surface area contributed by atoms with Crippen molar-refractivity contribution in [2.45, 2.75) is 83.4 Å². The van der Waals surface area contributed by atoms with E-state index >= 15 is 0 Å². The predicted molar refractivity (Wildman–Crippen MR) is 125 cm³/mol. The molecule has 33 heavy (non-hydrogen) atoms. The highest BCUT2D eigenvalue weighted by Crippen LogP contribution is 2.46.